The molecule has 0 aromatic heterocycles. The van der Waals surface area contributed by atoms with Crippen molar-refractivity contribution >= 4 is 27.3 Å². The second-order valence-electron chi connectivity index (χ2n) is 6.48. The van der Waals surface area contributed by atoms with Crippen LogP contribution in [-0.4, -0.2) is 57.1 Å². The quantitative estimate of drug-likeness (QED) is 0.794. The number of halogens is 1. The van der Waals surface area contributed by atoms with Crippen molar-refractivity contribution in [1.29, 1.82) is 0 Å². The fourth-order valence-corrected chi connectivity index (χ4v) is 5.03. The molecule has 1 aromatic carbocycles. The van der Waals surface area contributed by atoms with Gasteiger partial charge in [-0.2, -0.15) is 0 Å². The molecule has 1 saturated heterocycles. The second kappa shape index (κ2) is 7.29. The first-order valence-corrected chi connectivity index (χ1v) is 10.4. The van der Waals surface area contributed by atoms with Crippen molar-refractivity contribution in [1.82, 2.24) is 4.31 Å². The van der Waals surface area contributed by atoms with Gasteiger partial charge in [-0.25, -0.2) is 17.1 Å². The van der Waals surface area contributed by atoms with E-state index in [-0.39, 0.29) is 30.4 Å². The van der Waals surface area contributed by atoms with Gasteiger partial charge in [0.25, 0.3) is 0 Å². The number of nitrogens with zero attached hydrogens (tertiary/aromatic N) is 3. The number of sulfonamides is 1. The fraction of sp³-hybridized carbons (Fsp3) is 0.588. The van der Waals surface area contributed by atoms with Crippen LogP contribution < -0.4 is 9.80 Å². The average Bonchev–Trinajstić information content (AvgIpc) is 2.91. The van der Waals surface area contributed by atoms with Crippen molar-refractivity contribution in [3.05, 3.63) is 24.0 Å². The molecule has 2 aliphatic heterocycles. The van der Waals surface area contributed by atoms with E-state index in [1.165, 1.54) is 16.4 Å². The average molecular weight is 369 g/mol. The number of amides is 1. The Balaban J connectivity index is 1.74. The van der Waals surface area contributed by atoms with Gasteiger partial charge in [0, 0.05) is 39.1 Å². The Kier molecular flexibility index (Phi) is 5.29. The Morgan fingerprint density at radius 3 is 2.64 bits per heavy atom. The second-order valence-corrected chi connectivity index (χ2v) is 8.57. The molecule has 3 rings (SSSR count). The molecule has 0 N–H and O–H groups in total. The number of carbonyl (C=O) groups is 1. The fourth-order valence-electron chi connectivity index (χ4n) is 3.50. The molecule has 1 amide bonds. The lowest BCUT2D eigenvalue weighted by Crippen LogP contribution is -2.45. The smallest absolute Gasteiger partial charge is 0.228 e. The first-order chi connectivity index (χ1) is 11.9. The van der Waals surface area contributed by atoms with E-state index < -0.39 is 10.0 Å². The van der Waals surface area contributed by atoms with Gasteiger partial charge in [-0.15, -0.1) is 0 Å². The highest BCUT2D eigenvalue weighted by Crippen LogP contribution is 2.34. The maximum atomic E-state index is 13.7. The number of hydrogen-bond acceptors (Lipinski definition) is 4. The maximum Gasteiger partial charge on any atom is 0.228 e. The van der Waals surface area contributed by atoms with Gasteiger partial charge in [0.15, 0.2) is 0 Å². The predicted octanol–water partition coefficient (Wildman–Crippen LogP) is 1.81. The van der Waals surface area contributed by atoms with Gasteiger partial charge in [-0.1, -0.05) is 6.92 Å². The highest BCUT2D eigenvalue weighted by Gasteiger charge is 2.31. The Hall–Kier alpha value is -1.67. The molecule has 1 fully saturated rings. The summed E-state index contributed by atoms with van der Waals surface area (Å²) >= 11 is 0. The SMILES string of the molecule is CCCN1CCN(C(=O)CCN2CCCS2(=O)=O)c2cc(F)ccc21. The van der Waals surface area contributed by atoms with E-state index in [9.17, 15) is 17.6 Å². The molecule has 0 saturated carbocycles. The summed E-state index contributed by atoms with van der Waals surface area (Å²) in [5.41, 5.74) is 1.44. The summed E-state index contributed by atoms with van der Waals surface area (Å²) < 4.78 is 38.8. The van der Waals surface area contributed by atoms with Crippen LogP contribution in [0.3, 0.4) is 0 Å². The number of carbonyl (C=O) groups excluding carboxylic acids is 1. The first-order valence-electron chi connectivity index (χ1n) is 8.75. The van der Waals surface area contributed by atoms with E-state index in [4.69, 9.17) is 0 Å². The Morgan fingerprint density at radius 1 is 1.16 bits per heavy atom. The zero-order chi connectivity index (χ0) is 18.0. The van der Waals surface area contributed by atoms with Gasteiger partial charge in [0.05, 0.1) is 17.1 Å². The van der Waals surface area contributed by atoms with Gasteiger partial charge in [-0.3, -0.25) is 4.79 Å². The van der Waals surface area contributed by atoms with Crippen LogP contribution in [0.2, 0.25) is 0 Å². The minimum absolute atomic E-state index is 0.114. The van der Waals surface area contributed by atoms with E-state index in [2.05, 4.69) is 11.8 Å². The van der Waals surface area contributed by atoms with Crippen LogP contribution in [0.4, 0.5) is 15.8 Å². The Morgan fingerprint density at radius 2 is 1.96 bits per heavy atom. The van der Waals surface area contributed by atoms with Crippen LogP contribution in [0, 0.1) is 5.82 Å². The van der Waals surface area contributed by atoms with Crippen molar-refractivity contribution in [3.63, 3.8) is 0 Å². The van der Waals surface area contributed by atoms with E-state index in [0.717, 1.165) is 18.7 Å². The van der Waals surface area contributed by atoms with Gasteiger partial charge in [-0.05, 0) is 31.0 Å². The molecular formula is C17H24FN3O3S. The topological polar surface area (TPSA) is 60.9 Å². The molecule has 0 bridgehead atoms. The van der Waals surface area contributed by atoms with Crippen molar-refractivity contribution in [2.24, 2.45) is 0 Å². The van der Waals surface area contributed by atoms with Crippen LogP contribution in [0.1, 0.15) is 26.2 Å². The third-order valence-electron chi connectivity index (χ3n) is 4.74. The maximum absolute atomic E-state index is 13.7. The molecule has 0 unspecified atom stereocenters. The summed E-state index contributed by atoms with van der Waals surface area (Å²) in [5, 5.41) is 0. The van der Waals surface area contributed by atoms with Crippen LogP contribution >= 0.6 is 0 Å². The highest BCUT2D eigenvalue weighted by molar-refractivity contribution is 7.89. The minimum Gasteiger partial charge on any atom is -0.368 e. The van der Waals surface area contributed by atoms with Crippen LogP contribution in [-0.2, 0) is 14.8 Å². The Bertz CT molecular complexity index is 754. The first kappa shape index (κ1) is 18.1. The number of benzene rings is 1. The summed E-state index contributed by atoms with van der Waals surface area (Å²) in [6.45, 7) is 4.79. The van der Waals surface area contributed by atoms with Gasteiger partial charge < -0.3 is 9.80 Å². The van der Waals surface area contributed by atoms with Crippen LogP contribution in [0.5, 0.6) is 0 Å². The molecule has 0 atom stereocenters. The van der Waals surface area contributed by atoms with Gasteiger partial charge >= 0.3 is 0 Å². The number of anilines is 2. The van der Waals surface area contributed by atoms with E-state index >= 15 is 0 Å². The summed E-state index contributed by atoms with van der Waals surface area (Å²) in [7, 11) is -3.20. The largest absolute Gasteiger partial charge is 0.368 e. The summed E-state index contributed by atoms with van der Waals surface area (Å²) in [4.78, 5) is 16.4. The zero-order valence-electron chi connectivity index (χ0n) is 14.4. The minimum atomic E-state index is -3.20. The molecular weight excluding hydrogens is 345 g/mol. The Labute approximate surface area is 148 Å². The normalized spacial score (nSPS) is 19.9. The van der Waals surface area contributed by atoms with Crippen LogP contribution in [0.25, 0.3) is 0 Å². The summed E-state index contributed by atoms with van der Waals surface area (Å²) in [6.07, 6.45) is 1.70. The van der Waals surface area contributed by atoms with Crippen molar-refractivity contribution in [2.45, 2.75) is 26.2 Å². The van der Waals surface area contributed by atoms with E-state index in [1.54, 1.807) is 11.0 Å². The third kappa shape index (κ3) is 3.79. The predicted molar refractivity (Wildman–Crippen MR) is 95.9 cm³/mol. The zero-order valence-corrected chi connectivity index (χ0v) is 15.3. The lowest BCUT2D eigenvalue weighted by molar-refractivity contribution is -0.118. The molecule has 0 radical (unpaired) electrons. The molecule has 6 nitrogen and oxygen atoms in total. The van der Waals surface area contributed by atoms with E-state index in [0.29, 0.717) is 31.7 Å². The highest BCUT2D eigenvalue weighted by atomic mass is 32.2. The summed E-state index contributed by atoms with van der Waals surface area (Å²) in [6, 6.07) is 4.51. The number of fused-ring (bicyclic) bond motifs is 1. The molecule has 2 aliphatic rings. The van der Waals surface area contributed by atoms with Crippen molar-refractivity contribution < 1.29 is 17.6 Å². The number of hydrogen-bond donors (Lipinski definition) is 0. The molecule has 25 heavy (non-hydrogen) atoms. The molecule has 138 valence electrons. The van der Waals surface area contributed by atoms with Gasteiger partial charge in [0.1, 0.15) is 5.82 Å². The molecule has 1 aromatic rings. The third-order valence-corrected chi connectivity index (χ3v) is 6.69. The lowest BCUT2D eigenvalue weighted by atomic mass is 10.1. The molecule has 0 spiro atoms. The van der Waals surface area contributed by atoms with E-state index in [1.807, 2.05) is 0 Å². The molecule has 0 aliphatic carbocycles. The number of rotatable bonds is 5. The monoisotopic (exact) mass is 369 g/mol. The molecule has 2 heterocycles. The van der Waals surface area contributed by atoms with Crippen molar-refractivity contribution in [2.75, 3.05) is 48.3 Å². The van der Waals surface area contributed by atoms with Gasteiger partial charge in [0.2, 0.25) is 15.9 Å². The van der Waals surface area contributed by atoms with Crippen molar-refractivity contribution in [3.8, 4) is 0 Å². The lowest BCUT2D eigenvalue weighted by Gasteiger charge is -2.38. The standard InChI is InChI=1S/C17H24FN3O3S/c1-2-7-19-10-11-21(16-13-14(18)4-5-15(16)19)17(22)6-9-20-8-3-12-25(20,23)24/h4-5,13H,2-3,6-12H2,1H3. The molecule has 8 heteroatoms. The summed E-state index contributed by atoms with van der Waals surface area (Å²) in [5.74, 6) is -0.382. The van der Waals surface area contributed by atoms with Crippen LogP contribution in [0.15, 0.2) is 18.2 Å².